The Morgan fingerprint density at radius 1 is 1.19 bits per heavy atom. The first-order valence-electron chi connectivity index (χ1n) is 9.07. The Bertz CT molecular complexity index is 924. The van der Waals surface area contributed by atoms with E-state index in [1.807, 2.05) is 20.0 Å². The van der Waals surface area contributed by atoms with Crippen LogP contribution in [-0.4, -0.2) is 69.3 Å². The van der Waals surface area contributed by atoms with Crippen molar-refractivity contribution in [2.45, 2.75) is 45.2 Å². The Labute approximate surface area is 159 Å². The molecular weight excluding hydrogens is 368 g/mol. The summed E-state index contributed by atoms with van der Waals surface area (Å²) in [5.74, 6) is -0.0508. The van der Waals surface area contributed by atoms with Crippen LogP contribution in [0.25, 0.3) is 0 Å². The molecule has 0 N–H and O–H groups in total. The summed E-state index contributed by atoms with van der Waals surface area (Å²) < 4.78 is 30.6. The fourth-order valence-corrected chi connectivity index (χ4v) is 4.82. The van der Waals surface area contributed by atoms with E-state index in [9.17, 15) is 13.2 Å². The zero-order valence-electron chi connectivity index (χ0n) is 16.2. The van der Waals surface area contributed by atoms with E-state index in [-0.39, 0.29) is 23.9 Å². The van der Waals surface area contributed by atoms with E-state index in [0.717, 1.165) is 5.56 Å². The van der Waals surface area contributed by atoms with Crippen LogP contribution in [0.2, 0.25) is 0 Å². The number of carbonyl (C=O) groups excluding carboxylic acids is 1. The molecule has 9 nitrogen and oxygen atoms in total. The summed E-state index contributed by atoms with van der Waals surface area (Å²) >= 11 is 0. The number of hydrogen-bond donors (Lipinski definition) is 0. The predicted molar refractivity (Wildman–Crippen MR) is 99.7 cm³/mol. The largest absolute Gasteiger partial charge is 0.338 e. The molecule has 1 atom stereocenters. The molecule has 1 amide bonds. The topological polar surface area (TPSA) is 93.3 Å². The van der Waals surface area contributed by atoms with Crippen LogP contribution in [0.5, 0.6) is 0 Å². The summed E-state index contributed by atoms with van der Waals surface area (Å²) in [7, 11) is -3.61. The minimum Gasteiger partial charge on any atom is -0.338 e. The van der Waals surface area contributed by atoms with Crippen molar-refractivity contribution >= 4 is 15.9 Å². The highest BCUT2D eigenvalue weighted by molar-refractivity contribution is 7.89. The van der Waals surface area contributed by atoms with Crippen LogP contribution in [0.1, 0.15) is 31.1 Å². The molecule has 148 valence electrons. The second-order valence-electron chi connectivity index (χ2n) is 6.84. The fraction of sp³-hybridized carbons (Fsp3) is 0.588. The first-order valence-corrected chi connectivity index (χ1v) is 10.5. The maximum Gasteiger partial charge on any atom is 0.247 e. The number of nitrogens with zero attached hydrogens (tertiary/aromatic N) is 6. The zero-order valence-corrected chi connectivity index (χ0v) is 17.0. The van der Waals surface area contributed by atoms with E-state index >= 15 is 0 Å². The van der Waals surface area contributed by atoms with Crippen molar-refractivity contribution in [2.24, 2.45) is 0 Å². The molecule has 0 bridgehead atoms. The maximum atomic E-state index is 12.9. The molecule has 0 aliphatic carbocycles. The maximum absolute atomic E-state index is 12.9. The third-order valence-corrected chi connectivity index (χ3v) is 6.88. The fourth-order valence-electron chi connectivity index (χ4n) is 3.22. The number of amides is 1. The van der Waals surface area contributed by atoms with Gasteiger partial charge in [0.2, 0.25) is 15.9 Å². The Hall–Kier alpha value is -2.20. The molecule has 1 aliphatic rings. The Morgan fingerprint density at radius 2 is 1.85 bits per heavy atom. The molecule has 2 aromatic heterocycles. The first-order chi connectivity index (χ1) is 12.7. The summed E-state index contributed by atoms with van der Waals surface area (Å²) in [5.41, 5.74) is 1.49. The molecule has 1 aliphatic heterocycles. The lowest BCUT2D eigenvalue weighted by Crippen LogP contribution is -2.51. The van der Waals surface area contributed by atoms with Crippen LogP contribution in [0.15, 0.2) is 23.5 Å². The van der Waals surface area contributed by atoms with Crippen LogP contribution in [0.4, 0.5) is 0 Å². The van der Waals surface area contributed by atoms with Crippen molar-refractivity contribution in [1.82, 2.24) is 28.8 Å². The monoisotopic (exact) mass is 394 g/mol. The molecule has 10 heteroatoms. The number of aryl methyl sites for hydroxylation is 3. The number of sulfonamides is 1. The van der Waals surface area contributed by atoms with Gasteiger partial charge in [0.25, 0.3) is 0 Å². The van der Waals surface area contributed by atoms with Crippen LogP contribution in [0.3, 0.4) is 0 Å². The minimum absolute atomic E-state index is 0.0508. The third-order valence-electron chi connectivity index (χ3n) is 4.88. The van der Waals surface area contributed by atoms with Gasteiger partial charge in [-0.25, -0.2) is 8.42 Å². The average molecular weight is 395 g/mol. The van der Waals surface area contributed by atoms with E-state index in [0.29, 0.717) is 25.3 Å². The van der Waals surface area contributed by atoms with Crippen LogP contribution in [-0.2, 0) is 21.4 Å². The Kier molecular flexibility index (Phi) is 5.38. The predicted octanol–water partition coefficient (Wildman–Crippen LogP) is 0.810. The van der Waals surface area contributed by atoms with Gasteiger partial charge in [-0.2, -0.15) is 14.5 Å². The van der Waals surface area contributed by atoms with Gasteiger partial charge in [-0.05, 0) is 33.3 Å². The van der Waals surface area contributed by atoms with Gasteiger partial charge < -0.3 is 4.90 Å². The molecule has 0 spiro atoms. The number of hydrogen-bond acceptors (Lipinski definition) is 5. The summed E-state index contributed by atoms with van der Waals surface area (Å²) in [6, 6.07) is -0.410. The summed E-state index contributed by atoms with van der Waals surface area (Å²) in [5, 5.41) is 8.43. The molecule has 0 saturated carbocycles. The van der Waals surface area contributed by atoms with E-state index in [2.05, 4.69) is 10.2 Å². The normalized spacial score (nSPS) is 17.3. The van der Waals surface area contributed by atoms with Crippen molar-refractivity contribution in [3.8, 4) is 0 Å². The van der Waals surface area contributed by atoms with E-state index in [1.54, 1.807) is 40.5 Å². The van der Waals surface area contributed by atoms with E-state index in [4.69, 9.17) is 0 Å². The molecule has 1 fully saturated rings. The molecule has 3 heterocycles. The summed E-state index contributed by atoms with van der Waals surface area (Å²) in [6.07, 6.45) is 5.12. The number of carbonyl (C=O) groups is 1. The van der Waals surface area contributed by atoms with Gasteiger partial charge in [0.1, 0.15) is 10.9 Å². The summed E-state index contributed by atoms with van der Waals surface area (Å²) in [6.45, 7) is 9.23. The lowest BCUT2D eigenvalue weighted by atomic mass is 10.2. The molecule has 3 rings (SSSR count). The van der Waals surface area contributed by atoms with Crippen LogP contribution in [0, 0.1) is 13.8 Å². The van der Waals surface area contributed by atoms with Gasteiger partial charge in [0, 0.05) is 45.1 Å². The molecule has 27 heavy (non-hydrogen) atoms. The second-order valence-corrected chi connectivity index (χ2v) is 8.74. The lowest BCUT2D eigenvalue weighted by molar-refractivity contribution is -0.135. The van der Waals surface area contributed by atoms with Gasteiger partial charge in [-0.3, -0.25) is 14.2 Å². The van der Waals surface area contributed by atoms with Crippen LogP contribution >= 0.6 is 0 Å². The van der Waals surface area contributed by atoms with Crippen LogP contribution < -0.4 is 0 Å². The van der Waals surface area contributed by atoms with Crippen molar-refractivity contribution < 1.29 is 13.2 Å². The molecular formula is C17H26N6O3S. The second kappa shape index (κ2) is 7.43. The minimum atomic E-state index is -3.61. The smallest absolute Gasteiger partial charge is 0.247 e. The Balaban J connectivity index is 1.67. The number of piperazine rings is 1. The van der Waals surface area contributed by atoms with Crippen molar-refractivity contribution in [3.05, 3.63) is 29.8 Å². The van der Waals surface area contributed by atoms with Gasteiger partial charge in [-0.1, -0.05) is 0 Å². The van der Waals surface area contributed by atoms with Crippen molar-refractivity contribution in [2.75, 3.05) is 26.2 Å². The van der Waals surface area contributed by atoms with E-state index < -0.39 is 16.1 Å². The highest BCUT2D eigenvalue weighted by Gasteiger charge is 2.33. The lowest BCUT2D eigenvalue weighted by Gasteiger charge is -2.35. The first kappa shape index (κ1) is 19.6. The van der Waals surface area contributed by atoms with Crippen molar-refractivity contribution in [3.63, 3.8) is 0 Å². The highest BCUT2D eigenvalue weighted by Crippen LogP contribution is 2.21. The van der Waals surface area contributed by atoms with Gasteiger partial charge in [-0.15, -0.1) is 0 Å². The molecule has 2 aromatic rings. The standard InChI is InChI=1S/C17H26N6O3S/c1-5-21-12-16(14(3)19-21)27(25,26)22-8-6-20(7-9-22)17(24)15(4)23-11-13(2)10-18-23/h10-12,15H,5-9H2,1-4H3. The summed E-state index contributed by atoms with van der Waals surface area (Å²) in [4.78, 5) is 14.7. The molecule has 1 saturated heterocycles. The van der Waals surface area contributed by atoms with Gasteiger partial charge >= 0.3 is 0 Å². The molecule has 0 aromatic carbocycles. The highest BCUT2D eigenvalue weighted by atomic mass is 32.2. The van der Waals surface area contributed by atoms with Gasteiger partial charge in [0.05, 0.1) is 11.9 Å². The number of aromatic nitrogens is 4. The third kappa shape index (κ3) is 3.77. The molecule has 0 radical (unpaired) electrons. The van der Waals surface area contributed by atoms with Crippen molar-refractivity contribution in [1.29, 1.82) is 0 Å². The van der Waals surface area contributed by atoms with Gasteiger partial charge in [0.15, 0.2) is 0 Å². The average Bonchev–Trinajstić information content (AvgIpc) is 3.26. The number of rotatable bonds is 5. The zero-order chi connectivity index (χ0) is 19.8. The SMILES string of the molecule is CCn1cc(S(=O)(=O)N2CCN(C(=O)C(C)n3cc(C)cn3)CC2)c(C)n1. The van der Waals surface area contributed by atoms with E-state index in [1.165, 1.54) is 4.31 Å². The molecule has 1 unspecified atom stereocenters. The Morgan fingerprint density at radius 3 is 2.37 bits per heavy atom. The quantitative estimate of drug-likeness (QED) is 0.748.